The van der Waals surface area contributed by atoms with Crippen molar-refractivity contribution < 1.29 is 4.74 Å². The molecule has 2 rings (SSSR count). The van der Waals surface area contributed by atoms with Crippen LogP contribution in [0.2, 0.25) is 5.32 Å². The fraction of sp³-hybridized carbons (Fsp3) is 0.200. The van der Waals surface area contributed by atoms with Crippen molar-refractivity contribution in [2.75, 3.05) is 7.11 Å². The Balaban J connectivity index is 1.97. The normalized spacial score (nSPS) is 12.3. The van der Waals surface area contributed by atoms with Gasteiger partial charge in [-0.25, -0.2) is 0 Å². The predicted molar refractivity (Wildman–Crippen MR) is 72.8 cm³/mol. The summed E-state index contributed by atoms with van der Waals surface area (Å²) in [5.74, 6) is 0. The molecule has 0 aromatic heterocycles. The molecular formula is C15H16OSe. The van der Waals surface area contributed by atoms with E-state index >= 15 is 0 Å². The molecule has 0 radical (unpaired) electrons. The van der Waals surface area contributed by atoms with Crippen LogP contribution in [0, 0.1) is 0 Å². The molecule has 1 atom stereocenters. The van der Waals surface area contributed by atoms with Gasteiger partial charge in [-0.15, -0.1) is 0 Å². The fourth-order valence-electron chi connectivity index (χ4n) is 1.66. The van der Waals surface area contributed by atoms with E-state index in [-0.39, 0.29) is 6.10 Å². The van der Waals surface area contributed by atoms with E-state index in [1.807, 2.05) is 6.07 Å². The van der Waals surface area contributed by atoms with Crippen LogP contribution in [0.25, 0.3) is 0 Å². The number of ether oxygens (including phenoxy) is 1. The van der Waals surface area contributed by atoms with Crippen LogP contribution in [0.3, 0.4) is 0 Å². The van der Waals surface area contributed by atoms with E-state index in [0.29, 0.717) is 15.0 Å². The third kappa shape index (κ3) is 3.71. The van der Waals surface area contributed by atoms with Gasteiger partial charge < -0.3 is 0 Å². The zero-order valence-corrected chi connectivity index (χ0v) is 11.6. The molecule has 0 aliphatic heterocycles. The average molecular weight is 291 g/mol. The van der Waals surface area contributed by atoms with Crippen molar-refractivity contribution in [3.63, 3.8) is 0 Å². The number of hydrogen-bond acceptors (Lipinski definition) is 1. The number of methoxy groups -OCH3 is 1. The van der Waals surface area contributed by atoms with Gasteiger partial charge in [-0.1, -0.05) is 0 Å². The topological polar surface area (TPSA) is 9.23 Å². The van der Waals surface area contributed by atoms with E-state index in [1.54, 1.807) is 7.11 Å². The molecule has 88 valence electrons. The summed E-state index contributed by atoms with van der Waals surface area (Å²) in [7, 11) is 1.79. The molecule has 0 heterocycles. The third-order valence-corrected chi connectivity index (χ3v) is 4.86. The van der Waals surface area contributed by atoms with Crippen LogP contribution in [0.5, 0.6) is 0 Å². The Morgan fingerprint density at radius 3 is 2.12 bits per heavy atom. The standard InChI is InChI=1S/C15H16OSe/c1-16-15(13-8-4-2-5-9-13)12-17-14-10-6-3-7-11-14/h2-11,15H,12H2,1H3. The fourth-order valence-corrected chi connectivity index (χ4v) is 3.80. The van der Waals surface area contributed by atoms with E-state index in [0.717, 1.165) is 5.32 Å². The summed E-state index contributed by atoms with van der Waals surface area (Å²) in [4.78, 5) is 0. The Kier molecular flexibility index (Phi) is 4.81. The van der Waals surface area contributed by atoms with Crippen LogP contribution in [-0.2, 0) is 4.74 Å². The number of hydrogen-bond donors (Lipinski definition) is 0. The molecule has 0 aliphatic rings. The first kappa shape index (κ1) is 12.4. The molecule has 17 heavy (non-hydrogen) atoms. The first-order valence-corrected chi connectivity index (χ1v) is 7.72. The molecule has 2 heteroatoms. The second kappa shape index (κ2) is 6.61. The third-order valence-electron chi connectivity index (χ3n) is 2.60. The summed E-state index contributed by atoms with van der Waals surface area (Å²) < 4.78 is 7.00. The van der Waals surface area contributed by atoms with Crippen molar-refractivity contribution in [1.29, 1.82) is 0 Å². The van der Waals surface area contributed by atoms with Crippen LogP contribution in [0.1, 0.15) is 11.7 Å². The Hall–Kier alpha value is -1.08. The van der Waals surface area contributed by atoms with Crippen LogP contribution >= 0.6 is 0 Å². The Bertz CT molecular complexity index is 427. The number of benzene rings is 2. The summed E-state index contributed by atoms with van der Waals surface area (Å²) in [6.45, 7) is 0. The molecule has 0 saturated carbocycles. The SMILES string of the molecule is COC(C[Se]c1ccccc1)c1ccccc1. The monoisotopic (exact) mass is 292 g/mol. The Labute approximate surface area is 109 Å². The first-order chi connectivity index (χ1) is 8.40. The molecule has 1 nitrogen and oxygen atoms in total. The minimum absolute atomic E-state index is 0.219. The maximum atomic E-state index is 5.57. The zero-order valence-electron chi connectivity index (χ0n) is 9.87. The molecule has 0 bridgehead atoms. The molecular weight excluding hydrogens is 275 g/mol. The molecule has 0 N–H and O–H groups in total. The molecule has 0 saturated heterocycles. The summed E-state index contributed by atoms with van der Waals surface area (Å²) >= 11 is 0.470. The van der Waals surface area contributed by atoms with Crippen LogP contribution < -0.4 is 4.46 Å². The quantitative estimate of drug-likeness (QED) is 0.770. The summed E-state index contributed by atoms with van der Waals surface area (Å²) in [6.07, 6.45) is 0.219. The van der Waals surface area contributed by atoms with Gasteiger partial charge in [0.2, 0.25) is 0 Å². The molecule has 0 fully saturated rings. The van der Waals surface area contributed by atoms with Crippen LogP contribution in [-0.4, -0.2) is 22.1 Å². The van der Waals surface area contributed by atoms with Crippen molar-refractivity contribution in [1.82, 2.24) is 0 Å². The van der Waals surface area contributed by atoms with E-state index in [9.17, 15) is 0 Å². The van der Waals surface area contributed by atoms with Crippen molar-refractivity contribution in [2.45, 2.75) is 11.4 Å². The van der Waals surface area contributed by atoms with E-state index in [2.05, 4.69) is 54.6 Å². The Morgan fingerprint density at radius 2 is 1.53 bits per heavy atom. The van der Waals surface area contributed by atoms with Crippen molar-refractivity contribution >= 4 is 19.4 Å². The van der Waals surface area contributed by atoms with Gasteiger partial charge in [0, 0.05) is 0 Å². The average Bonchev–Trinajstić information content (AvgIpc) is 2.42. The molecule has 1 unspecified atom stereocenters. The van der Waals surface area contributed by atoms with Crippen molar-refractivity contribution in [2.24, 2.45) is 0 Å². The maximum absolute atomic E-state index is 5.57. The van der Waals surface area contributed by atoms with Crippen LogP contribution in [0.15, 0.2) is 60.7 Å². The van der Waals surface area contributed by atoms with Gasteiger partial charge in [-0.05, 0) is 0 Å². The van der Waals surface area contributed by atoms with E-state index < -0.39 is 0 Å². The first-order valence-electron chi connectivity index (χ1n) is 5.66. The number of rotatable bonds is 5. The van der Waals surface area contributed by atoms with Gasteiger partial charge in [0.05, 0.1) is 0 Å². The Morgan fingerprint density at radius 1 is 0.941 bits per heavy atom. The second-order valence-corrected chi connectivity index (χ2v) is 6.05. The molecule has 0 amide bonds. The summed E-state index contributed by atoms with van der Waals surface area (Å²) in [5, 5.41) is 1.08. The van der Waals surface area contributed by atoms with Gasteiger partial charge in [-0.2, -0.15) is 0 Å². The predicted octanol–water partition coefficient (Wildman–Crippen LogP) is 2.82. The molecule has 2 aromatic rings. The molecule has 0 aliphatic carbocycles. The van der Waals surface area contributed by atoms with Gasteiger partial charge in [-0.3, -0.25) is 0 Å². The summed E-state index contributed by atoms with van der Waals surface area (Å²) in [5.41, 5.74) is 1.27. The van der Waals surface area contributed by atoms with Gasteiger partial charge in [0.15, 0.2) is 0 Å². The van der Waals surface area contributed by atoms with E-state index in [1.165, 1.54) is 10.0 Å². The van der Waals surface area contributed by atoms with E-state index in [4.69, 9.17) is 4.74 Å². The van der Waals surface area contributed by atoms with Crippen molar-refractivity contribution in [3.8, 4) is 0 Å². The van der Waals surface area contributed by atoms with Gasteiger partial charge >= 0.3 is 109 Å². The second-order valence-electron chi connectivity index (χ2n) is 3.76. The minimum atomic E-state index is 0.219. The van der Waals surface area contributed by atoms with Crippen molar-refractivity contribution in [3.05, 3.63) is 66.2 Å². The summed E-state index contributed by atoms with van der Waals surface area (Å²) in [6, 6.07) is 21.1. The zero-order chi connectivity index (χ0) is 11.9. The molecule has 2 aromatic carbocycles. The van der Waals surface area contributed by atoms with Crippen LogP contribution in [0.4, 0.5) is 0 Å². The molecule has 0 spiro atoms. The van der Waals surface area contributed by atoms with Gasteiger partial charge in [0.1, 0.15) is 0 Å². The van der Waals surface area contributed by atoms with Gasteiger partial charge in [0.25, 0.3) is 0 Å².